The number of halogens is 1. The molecule has 1 aromatic heterocycles. The molecule has 0 bridgehead atoms. The zero-order chi connectivity index (χ0) is 16.6. The molecule has 0 saturated heterocycles. The number of non-ortho nitro benzene ring substituents is 1. The van der Waals surface area contributed by atoms with E-state index in [4.69, 9.17) is 0 Å². The number of hydrogen-bond donors (Lipinski definition) is 0. The van der Waals surface area contributed by atoms with Crippen molar-refractivity contribution in [2.75, 3.05) is 0 Å². The molecular weight excluding hydrogens is 382 g/mol. The van der Waals surface area contributed by atoms with Crippen molar-refractivity contribution in [3.05, 3.63) is 67.4 Å². The van der Waals surface area contributed by atoms with E-state index in [9.17, 15) is 14.9 Å². The highest BCUT2D eigenvalue weighted by Crippen LogP contribution is 2.21. The first kappa shape index (κ1) is 15.6. The lowest BCUT2D eigenvalue weighted by Crippen LogP contribution is -2.13. The summed E-state index contributed by atoms with van der Waals surface area (Å²) < 4.78 is 3.81. The number of nitro benzene ring substituents is 1. The van der Waals surface area contributed by atoms with Crippen LogP contribution in [0.25, 0.3) is 10.2 Å². The summed E-state index contributed by atoms with van der Waals surface area (Å²) in [7, 11) is 1.84. The molecule has 116 valence electrons. The summed E-state index contributed by atoms with van der Waals surface area (Å²) in [6.45, 7) is 0. The van der Waals surface area contributed by atoms with Gasteiger partial charge in [0.05, 0.1) is 15.1 Å². The third-order valence-electron chi connectivity index (χ3n) is 3.29. The second-order valence-corrected chi connectivity index (χ2v) is 6.70. The molecule has 1 amide bonds. The first-order chi connectivity index (χ1) is 11.0. The number of aromatic nitrogens is 1. The lowest BCUT2D eigenvalue weighted by atomic mass is 10.2. The van der Waals surface area contributed by atoms with E-state index in [2.05, 4.69) is 20.9 Å². The van der Waals surface area contributed by atoms with Gasteiger partial charge in [-0.15, -0.1) is 0 Å². The zero-order valence-electron chi connectivity index (χ0n) is 11.9. The molecule has 6 nitrogen and oxygen atoms in total. The van der Waals surface area contributed by atoms with Gasteiger partial charge < -0.3 is 4.57 Å². The summed E-state index contributed by atoms with van der Waals surface area (Å²) in [6, 6.07) is 11.3. The van der Waals surface area contributed by atoms with E-state index < -0.39 is 10.8 Å². The van der Waals surface area contributed by atoms with Gasteiger partial charge >= 0.3 is 0 Å². The van der Waals surface area contributed by atoms with Crippen LogP contribution in [0.15, 0.2) is 51.9 Å². The molecule has 3 aromatic rings. The van der Waals surface area contributed by atoms with Crippen molar-refractivity contribution in [3.8, 4) is 0 Å². The summed E-state index contributed by atoms with van der Waals surface area (Å²) in [5, 5.41) is 10.6. The Morgan fingerprint density at radius 3 is 2.61 bits per heavy atom. The van der Waals surface area contributed by atoms with E-state index in [1.807, 2.05) is 29.8 Å². The van der Waals surface area contributed by atoms with Crippen molar-refractivity contribution in [1.82, 2.24) is 4.57 Å². The summed E-state index contributed by atoms with van der Waals surface area (Å²) >= 11 is 4.82. The normalized spacial score (nSPS) is 11.8. The van der Waals surface area contributed by atoms with Crippen molar-refractivity contribution in [3.63, 3.8) is 0 Å². The van der Waals surface area contributed by atoms with E-state index in [-0.39, 0.29) is 5.69 Å². The summed E-state index contributed by atoms with van der Waals surface area (Å²) in [4.78, 5) is 27.1. The number of nitro groups is 1. The van der Waals surface area contributed by atoms with E-state index >= 15 is 0 Å². The Morgan fingerprint density at radius 2 is 1.96 bits per heavy atom. The van der Waals surface area contributed by atoms with Gasteiger partial charge in [-0.25, -0.2) is 0 Å². The van der Waals surface area contributed by atoms with Gasteiger partial charge in [0.2, 0.25) is 0 Å². The molecule has 0 atom stereocenters. The number of rotatable bonds is 2. The summed E-state index contributed by atoms with van der Waals surface area (Å²) in [6.07, 6.45) is 0. The number of aryl methyl sites for hydroxylation is 1. The number of nitrogens with zero attached hydrogens (tertiary/aromatic N) is 3. The molecule has 23 heavy (non-hydrogen) atoms. The minimum absolute atomic E-state index is 0.0567. The number of fused-ring (bicyclic) bond motifs is 1. The molecule has 0 fully saturated rings. The fourth-order valence-corrected chi connectivity index (χ4v) is 3.66. The Balaban J connectivity index is 2.02. The number of thiazole rings is 1. The molecule has 0 radical (unpaired) electrons. The maximum atomic E-state index is 12.2. The fraction of sp³-hybridized carbons (Fsp3) is 0.0667. The number of carbonyl (C=O) groups excluding carboxylic acids is 1. The Hall–Kier alpha value is -2.32. The van der Waals surface area contributed by atoms with Crippen LogP contribution in [0.2, 0.25) is 0 Å². The lowest BCUT2D eigenvalue weighted by molar-refractivity contribution is -0.384. The van der Waals surface area contributed by atoms with Gasteiger partial charge in [-0.1, -0.05) is 27.3 Å². The van der Waals surface area contributed by atoms with Crippen LogP contribution in [0.1, 0.15) is 10.4 Å². The molecule has 0 spiro atoms. The first-order valence-corrected chi connectivity index (χ1v) is 8.15. The lowest BCUT2D eigenvalue weighted by Gasteiger charge is -1.96. The minimum atomic E-state index is -0.505. The average molecular weight is 392 g/mol. The third-order valence-corrected chi connectivity index (χ3v) is 4.88. The predicted molar refractivity (Wildman–Crippen MR) is 91.5 cm³/mol. The molecule has 0 aliphatic heterocycles. The monoisotopic (exact) mass is 391 g/mol. The Bertz CT molecular complexity index is 989. The van der Waals surface area contributed by atoms with Crippen LogP contribution in [-0.2, 0) is 7.05 Å². The smallest absolute Gasteiger partial charge is 0.279 e. The maximum absolute atomic E-state index is 12.2. The molecule has 0 unspecified atom stereocenters. The molecule has 8 heteroatoms. The van der Waals surface area contributed by atoms with Gasteiger partial charge in [-0.3, -0.25) is 14.9 Å². The molecule has 1 heterocycles. The van der Waals surface area contributed by atoms with Crippen LogP contribution in [0.3, 0.4) is 0 Å². The van der Waals surface area contributed by atoms with E-state index in [0.717, 1.165) is 14.7 Å². The first-order valence-electron chi connectivity index (χ1n) is 6.54. The molecule has 2 aromatic carbocycles. The van der Waals surface area contributed by atoms with Crippen molar-refractivity contribution >= 4 is 49.1 Å². The highest BCUT2D eigenvalue weighted by Gasteiger charge is 2.10. The Morgan fingerprint density at radius 1 is 1.26 bits per heavy atom. The number of hydrogen-bond acceptors (Lipinski definition) is 4. The number of carbonyl (C=O) groups is 1. The second-order valence-electron chi connectivity index (χ2n) is 4.78. The number of benzene rings is 2. The second kappa shape index (κ2) is 6.05. The van der Waals surface area contributed by atoms with E-state index in [1.165, 1.54) is 35.6 Å². The van der Waals surface area contributed by atoms with Gasteiger partial charge in [0.25, 0.3) is 11.6 Å². The van der Waals surface area contributed by atoms with E-state index in [0.29, 0.717) is 10.4 Å². The van der Waals surface area contributed by atoms with Gasteiger partial charge in [0, 0.05) is 29.2 Å². The third kappa shape index (κ3) is 3.08. The largest absolute Gasteiger partial charge is 0.319 e. The standard InChI is InChI=1S/C15H10BrN3O3S/c1-18-12-7-4-10(16)8-13(12)23-15(18)17-14(20)9-2-5-11(6-3-9)19(21)22/h2-8H,1H3. The van der Waals surface area contributed by atoms with Crippen LogP contribution in [-0.4, -0.2) is 15.4 Å². The van der Waals surface area contributed by atoms with Crippen molar-refractivity contribution in [1.29, 1.82) is 0 Å². The molecule has 0 saturated carbocycles. The predicted octanol–water partition coefficient (Wildman–Crippen LogP) is 3.65. The van der Waals surface area contributed by atoms with Crippen LogP contribution in [0, 0.1) is 10.1 Å². The topological polar surface area (TPSA) is 77.5 Å². The fourth-order valence-electron chi connectivity index (χ4n) is 2.09. The Labute approximate surface area is 143 Å². The van der Waals surface area contributed by atoms with Crippen LogP contribution in [0.4, 0.5) is 5.69 Å². The van der Waals surface area contributed by atoms with Crippen molar-refractivity contribution in [2.24, 2.45) is 12.0 Å². The van der Waals surface area contributed by atoms with Crippen LogP contribution >= 0.6 is 27.3 Å². The van der Waals surface area contributed by atoms with Crippen LogP contribution < -0.4 is 4.80 Å². The highest BCUT2D eigenvalue weighted by atomic mass is 79.9. The van der Waals surface area contributed by atoms with Crippen molar-refractivity contribution < 1.29 is 9.72 Å². The molecular formula is C15H10BrN3O3S. The van der Waals surface area contributed by atoms with Gasteiger partial charge in [0.1, 0.15) is 0 Å². The summed E-state index contributed by atoms with van der Waals surface area (Å²) in [5.74, 6) is -0.430. The minimum Gasteiger partial charge on any atom is -0.319 e. The van der Waals surface area contributed by atoms with Gasteiger partial charge in [-0.05, 0) is 30.3 Å². The molecule has 0 N–H and O–H groups in total. The van der Waals surface area contributed by atoms with Crippen molar-refractivity contribution in [2.45, 2.75) is 0 Å². The zero-order valence-corrected chi connectivity index (χ0v) is 14.3. The average Bonchev–Trinajstić information content (AvgIpc) is 2.82. The maximum Gasteiger partial charge on any atom is 0.279 e. The molecule has 3 rings (SSSR count). The highest BCUT2D eigenvalue weighted by molar-refractivity contribution is 9.10. The van der Waals surface area contributed by atoms with Gasteiger partial charge in [-0.2, -0.15) is 4.99 Å². The molecule has 0 aliphatic carbocycles. The van der Waals surface area contributed by atoms with E-state index in [1.54, 1.807) is 0 Å². The SMILES string of the molecule is Cn1c(=NC(=O)c2ccc([N+](=O)[O-])cc2)sc2cc(Br)ccc21. The Kier molecular flexibility index (Phi) is 4.10. The summed E-state index contributed by atoms with van der Waals surface area (Å²) in [5.41, 5.74) is 1.24. The van der Waals surface area contributed by atoms with Crippen LogP contribution in [0.5, 0.6) is 0 Å². The number of amides is 1. The quantitative estimate of drug-likeness (QED) is 0.493. The van der Waals surface area contributed by atoms with Gasteiger partial charge in [0.15, 0.2) is 4.80 Å². The molecule has 0 aliphatic rings.